The highest BCUT2D eigenvalue weighted by Crippen LogP contribution is 2.16. The Morgan fingerprint density at radius 3 is 2.47 bits per heavy atom. The van der Waals surface area contributed by atoms with Crippen LogP contribution in [0.1, 0.15) is 40.5 Å². The highest BCUT2D eigenvalue weighted by molar-refractivity contribution is 5.94. The van der Waals surface area contributed by atoms with Crippen LogP contribution in [0.25, 0.3) is 0 Å². The Hall–Kier alpha value is -1.06. The van der Waals surface area contributed by atoms with E-state index in [0.717, 1.165) is 12.8 Å². The lowest BCUT2D eigenvalue weighted by atomic mass is 9.98. The Bertz CT molecular complexity index is 287. The first kappa shape index (κ1) is 14.0. The van der Waals surface area contributed by atoms with Gasteiger partial charge in [0.05, 0.1) is 6.54 Å². The van der Waals surface area contributed by atoms with Crippen LogP contribution in [-0.2, 0) is 9.59 Å². The molecule has 4 heteroatoms. The smallest absolute Gasteiger partial charge is 0.243 e. The minimum atomic E-state index is -0.289. The topological polar surface area (TPSA) is 49.4 Å². The molecule has 0 aromatic rings. The number of carbonyl (C=O) groups excluding carboxylic acids is 2. The lowest BCUT2D eigenvalue weighted by Gasteiger charge is -2.37. The average molecular weight is 240 g/mol. The van der Waals surface area contributed by atoms with Gasteiger partial charge in [-0.05, 0) is 24.7 Å². The van der Waals surface area contributed by atoms with Gasteiger partial charge in [-0.3, -0.25) is 9.59 Å². The van der Waals surface area contributed by atoms with E-state index in [2.05, 4.69) is 19.2 Å². The second-order valence-electron chi connectivity index (χ2n) is 5.53. The average Bonchev–Trinajstić information content (AvgIpc) is 2.22. The monoisotopic (exact) mass is 240 g/mol. The van der Waals surface area contributed by atoms with Crippen molar-refractivity contribution < 1.29 is 9.59 Å². The van der Waals surface area contributed by atoms with Crippen LogP contribution in [0.4, 0.5) is 0 Å². The molecule has 1 N–H and O–H groups in total. The summed E-state index contributed by atoms with van der Waals surface area (Å²) in [4.78, 5) is 25.4. The first-order chi connectivity index (χ1) is 7.93. The van der Waals surface area contributed by atoms with E-state index in [1.165, 1.54) is 0 Å². The Labute approximate surface area is 104 Å². The molecule has 1 aliphatic rings. The van der Waals surface area contributed by atoms with Crippen molar-refractivity contribution in [2.45, 2.75) is 46.6 Å². The van der Waals surface area contributed by atoms with Gasteiger partial charge in [-0.25, -0.2) is 0 Å². The third-order valence-corrected chi connectivity index (χ3v) is 3.15. The number of rotatable bonds is 5. The molecular weight excluding hydrogens is 216 g/mol. The number of amides is 2. The van der Waals surface area contributed by atoms with Crippen molar-refractivity contribution in [3.05, 3.63) is 0 Å². The molecule has 1 heterocycles. The van der Waals surface area contributed by atoms with Crippen LogP contribution in [0.3, 0.4) is 0 Å². The summed E-state index contributed by atoms with van der Waals surface area (Å²) >= 11 is 0. The van der Waals surface area contributed by atoms with E-state index in [9.17, 15) is 9.59 Å². The van der Waals surface area contributed by atoms with Crippen LogP contribution in [0.2, 0.25) is 0 Å². The Kier molecular flexibility index (Phi) is 4.97. The molecule has 1 atom stereocenters. The number of hydrogen-bond donors (Lipinski definition) is 1. The fourth-order valence-electron chi connectivity index (χ4n) is 2.26. The molecule has 0 aromatic carbocycles. The predicted molar refractivity (Wildman–Crippen MR) is 67.4 cm³/mol. The van der Waals surface area contributed by atoms with Crippen molar-refractivity contribution in [2.24, 2.45) is 11.8 Å². The standard InChI is InChI=1S/C13H24N2O2/c1-9(2)6-5-7-15-11(16)8-14-13(17)12(15)10(3)4/h9-10,12H,5-8H2,1-4H3,(H,14,17). The molecule has 2 amide bonds. The van der Waals surface area contributed by atoms with Crippen LogP contribution in [0.5, 0.6) is 0 Å². The molecular formula is C13H24N2O2. The molecule has 0 aliphatic carbocycles. The molecule has 0 spiro atoms. The Morgan fingerprint density at radius 2 is 1.94 bits per heavy atom. The molecule has 1 fully saturated rings. The number of nitrogens with zero attached hydrogens (tertiary/aromatic N) is 1. The van der Waals surface area contributed by atoms with E-state index in [0.29, 0.717) is 12.5 Å². The lowest BCUT2D eigenvalue weighted by molar-refractivity contribution is -0.147. The van der Waals surface area contributed by atoms with Gasteiger partial charge in [0.15, 0.2) is 0 Å². The second kappa shape index (κ2) is 6.03. The number of hydrogen-bond acceptors (Lipinski definition) is 2. The SMILES string of the molecule is CC(C)CCCN1C(=O)CNC(=O)C1C(C)C. The number of carbonyl (C=O) groups is 2. The van der Waals surface area contributed by atoms with E-state index >= 15 is 0 Å². The van der Waals surface area contributed by atoms with Crippen molar-refractivity contribution in [1.82, 2.24) is 10.2 Å². The molecule has 1 saturated heterocycles. The van der Waals surface area contributed by atoms with Gasteiger partial charge in [0, 0.05) is 6.54 Å². The van der Waals surface area contributed by atoms with E-state index in [-0.39, 0.29) is 30.3 Å². The maximum atomic E-state index is 11.8. The zero-order chi connectivity index (χ0) is 13.0. The van der Waals surface area contributed by atoms with Crippen molar-refractivity contribution in [3.8, 4) is 0 Å². The molecule has 1 aliphatic heterocycles. The predicted octanol–water partition coefficient (Wildman–Crippen LogP) is 1.41. The van der Waals surface area contributed by atoms with E-state index in [1.54, 1.807) is 4.90 Å². The van der Waals surface area contributed by atoms with Gasteiger partial charge in [0.25, 0.3) is 0 Å². The van der Waals surface area contributed by atoms with Crippen LogP contribution >= 0.6 is 0 Å². The molecule has 98 valence electrons. The maximum Gasteiger partial charge on any atom is 0.243 e. The Balaban J connectivity index is 2.62. The van der Waals surface area contributed by atoms with Gasteiger partial charge in [0.1, 0.15) is 6.04 Å². The molecule has 0 bridgehead atoms. The number of nitrogens with one attached hydrogen (secondary N) is 1. The summed E-state index contributed by atoms with van der Waals surface area (Å²) in [5.74, 6) is 0.843. The zero-order valence-corrected chi connectivity index (χ0v) is 11.3. The van der Waals surface area contributed by atoms with Crippen molar-refractivity contribution in [2.75, 3.05) is 13.1 Å². The first-order valence-electron chi connectivity index (χ1n) is 6.50. The maximum absolute atomic E-state index is 11.8. The second-order valence-corrected chi connectivity index (χ2v) is 5.53. The molecule has 17 heavy (non-hydrogen) atoms. The van der Waals surface area contributed by atoms with Crippen LogP contribution in [-0.4, -0.2) is 35.8 Å². The van der Waals surface area contributed by atoms with E-state index in [4.69, 9.17) is 0 Å². The van der Waals surface area contributed by atoms with E-state index in [1.807, 2.05) is 13.8 Å². The highest BCUT2D eigenvalue weighted by Gasteiger charge is 2.35. The molecule has 0 saturated carbocycles. The summed E-state index contributed by atoms with van der Waals surface area (Å²) in [6.45, 7) is 9.17. The molecule has 1 unspecified atom stereocenters. The van der Waals surface area contributed by atoms with Gasteiger partial charge in [0.2, 0.25) is 11.8 Å². The third kappa shape index (κ3) is 3.72. The Morgan fingerprint density at radius 1 is 1.29 bits per heavy atom. The summed E-state index contributed by atoms with van der Waals surface area (Å²) in [5, 5.41) is 2.66. The molecule has 1 rings (SSSR count). The van der Waals surface area contributed by atoms with Gasteiger partial charge in [-0.1, -0.05) is 27.7 Å². The highest BCUT2D eigenvalue weighted by atomic mass is 16.2. The normalized spacial score (nSPS) is 21.3. The fourth-order valence-corrected chi connectivity index (χ4v) is 2.26. The van der Waals surface area contributed by atoms with Crippen LogP contribution < -0.4 is 5.32 Å². The largest absolute Gasteiger partial charge is 0.345 e. The summed E-state index contributed by atoms with van der Waals surface area (Å²) in [6, 6.07) is -0.289. The first-order valence-corrected chi connectivity index (χ1v) is 6.50. The van der Waals surface area contributed by atoms with Gasteiger partial charge >= 0.3 is 0 Å². The summed E-state index contributed by atoms with van der Waals surface area (Å²) in [5.41, 5.74) is 0. The summed E-state index contributed by atoms with van der Waals surface area (Å²) in [6.07, 6.45) is 2.07. The van der Waals surface area contributed by atoms with Crippen molar-refractivity contribution in [1.29, 1.82) is 0 Å². The fraction of sp³-hybridized carbons (Fsp3) is 0.846. The van der Waals surface area contributed by atoms with Gasteiger partial charge in [-0.15, -0.1) is 0 Å². The zero-order valence-electron chi connectivity index (χ0n) is 11.3. The number of piperazine rings is 1. The summed E-state index contributed by atoms with van der Waals surface area (Å²) in [7, 11) is 0. The van der Waals surface area contributed by atoms with Crippen LogP contribution in [0, 0.1) is 11.8 Å². The lowest BCUT2D eigenvalue weighted by Crippen LogP contribution is -2.60. The minimum Gasteiger partial charge on any atom is -0.345 e. The molecule has 4 nitrogen and oxygen atoms in total. The third-order valence-electron chi connectivity index (χ3n) is 3.15. The summed E-state index contributed by atoms with van der Waals surface area (Å²) < 4.78 is 0. The van der Waals surface area contributed by atoms with Gasteiger partial charge in [-0.2, -0.15) is 0 Å². The van der Waals surface area contributed by atoms with Gasteiger partial charge < -0.3 is 10.2 Å². The van der Waals surface area contributed by atoms with Crippen LogP contribution in [0.15, 0.2) is 0 Å². The van der Waals surface area contributed by atoms with Crippen molar-refractivity contribution >= 4 is 11.8 Å². The van der Waals surface area contributed by atoms with Crippen molar-refractivity contribution in [3.63, 3.8) is 0 Å². The quantitative estimate of drug-likeness (QED) is 0.790. The molecule has 0 radical (unpaired) electrons. The molecule has 0 aromatic heterocycles. The minimum absolute atomic E-state index is 0.0100. The van der Waals surface area contributed by atoms with E-state index < -0.39 is 0 Å².